The van der Waals surface area contributed by atoms with Crippen molar-refractivity contribution in [2.45, 2.75) is 20.3 Å². The van der Waals surface area contributed by atoms with E-state index in [4.69, 9.17) is 13.9 Å². The van der Waals surface area contributed by atoms with Crippen LogP contribution in [0.3, 0.4) is 0 Å². The average Bonchev–Trinajstić information content (AvgIpc) is 3.26. The summed E-state index contributed by atoms with van der Waals surface area (Å²) in [5.41, 5.74) is 3.97. The van der Waals surface area contributed by atoms with Gasteiger partial charge in [-0.25, -0.2) is 0 Å². The van der Waals surface area contributed by atoms with Crippen molar-refractivity contribution < 1.29 is 18.7 Å². The molecule has 26 heavy (non-hydrogen) atoms. The highest BCUT2D eigenvalue weighted by atomic mass is 16.7. The summed E-state index contributed by atoms with van der Waals surface area (Å²) in [5.74, 6) is 1.38. The van der Waals surface area contributed by atoms with Crippen molar-refractivity contribution in [3.8, 4) is 23.0 Å². The van der Waals surface area contributed by atoms with Crippen LogP contribution in [0.1, 0.15) is 16.7 Å². The first-order valence-corrected chi connectivity index (χ1v) is 8.18. The Bertz CT molecular complexity index is 981. The molecule has 1 aromatic heterocycles. The maximum Gasteiger partial charge on any atom is 0.322 e. The minimum absolute atomic E-state index is 0.0616. The van der Waals surface area contributed by atoms with Crippen molar-refractivity contribution in [3.63, 3.8) is 0 Å². The maximum atomic E-state index is 12.2. The lowest BCUT2D eigenvalue weighted by molar-refractivity contribution is -0.115. The molecule has 3 aromatic rings. The highest BCUT2D eigenvalue weighted by Gasteiger charge is 2.17. The van der Waals surface area contributed by atoms with Crippen LogP contribution in [0.2, 0.25) is 0 Å². The summed E-state index contributed by atoms with van der Waals surface area (Å²) in [7, 11) is 0. The summed E-state index contributed by atoms with van der Waals surface area (Å²) in [6.45, 7) is 4.25. The van der Waals surface area contributed by atoms with Crippen LogP contribution in [-0.4, -0.2) is 22.9 Å². The molecule has 0 aliphatic carbocycles. The summed E-state index contributed by atoms with van der Waals surface area (Å²) in [5, 5.41) is 10.5. The molecule has 0 atom stereocenters. The van der Waals surface area contributed by atoms with Gasteiger partial charge in [-0.3, -0.25) is 10.1 Å². The summed E-state index contributed by atoms with van der Waals surface area (Å²) < 4.78 is 16.1. The first kappa shape index (κ1) is 16.1. The molecule has 1 amide bonds. The van der Waals surface area contributed by atoms with Crippen LogP contribution in [0, 0.1) is 13.8 Å². The number of nitrogens with zero attached hydrogens (tertiary/aromatic N) is 2. The Kier molecular flexibility index (Phi) is 4.04. The third kappa shape index (κ3) is 3.23. The normalized spacial score (nSPS) is 12.2. The smallest absolute Gasteiger partial charge is 0.322 e. The Morgan fingerprint density at radius 1 is 1.04 bits per heavy atom. The second-order valence-electron chi connectivity index (χ2n) is 6.12. The van der Waals surface area contributed by atoms with E-state index in [0.29, 0.717) is 23.0 Å². The number of ether oxygens (including phenoxy) is 2. The van der Waals surface area contributed by atoms with E-state index in [9.17, 15) is 4.79 Å². The topological polar surface area (TPSA) is 86.5 Å². The SMILES string of the molecule is Cc1ccc(CC(=O)Nc2nnc(-c3ccc4c(c3)OCO4)o2)cc1C. The predicted octanol–water partition coefficient (Wildman–Crippen LogP) is 3.26. The molecule has 2 heterocycles. The number of aromatic nitrogens is 2. The van der Waals surface area contributed by atoms with Crippen LogP contribution in [0.4, 0.5) is 6.01 Å². The maximum absolute atomic E-state index is 12.2. The second-order valence-corrected chi connectivity index (χ2v) is 6.12. The van der Waals surface area contributed by atoms with E-state index in [0.717, 1.165) is 11.1 Å². The molecule has 7 heteroatoms. The van der Waals surface area contributed by atoms with Gasteiger partial charge in [-0.2, -0.15) is 0 Å². The Morgan fingerprint density at radius 3 is 2.73 bits per heavy atom. The lowest BCUT2D eigenvalue weighted by Crippen LogP contribution is -2.14. The molecular weight excluding hydrogens is 334 g/mol. The van der Waals surface area contributed by atoms with Gasteiger partial charge in [-0.05, 0) is 48.7 Å². The van der Waals surface area contributed by atoms with E-state index in [1.54, 1.807) is 18.2 Å². The second kappa shape index (κ2) is 6.51. The fourth-order valence-electron chi connectivity index (χ4n) is 2.68. The van der Waals surface area contributed by atoms with E-state index < -0.39 is 0 Å². The Balaban J connectivity index is 1.44. The number of hydrogen-bond acceptors (Lipinski definition) is 6. The molecule has 0 saturated heterocycles. The highest BCUT2D eigenvalue weighted by Crippen LogP contribution is 2.35. The number of carbonyl (C=O) groups excluding carboxylic acids is 1. The van der Waals surface area contributed by atoms with Crippen LogP contribution in [0.5, 0.6) is 11.5 Å². The van der Waals surface area contributed by atoms with Crippen LogP contribution < -0.4 is 14.8 Å². The summed E-state index contributed by atoms with van der Waals surface area (Å²) >= 11 is 0. The minimum Gasteiger partial charge on any atom is -0.454 e. The van der Waals surface area contributed by atoms with Gasteiger partial charge in [-0.15, -0.1) is 5.10 Å². The molecule has 0 radical (unpaired) electrons. The van der Waals surface area contributed by atoms with Crippen molar-refractivity contribution in [2.24, 2.45) is 0 Å². The van der Waals surface area contributed by atoms with Crippen molar-refractivity contribution in [3.05, 3.63) is 53.1 Å². The van der Waals surface area contributed by atoms with Gasteiger partial charge >= 0.3 is 6.01 Å². The Hall–Kier alpha value is -3.35. The van der Waals surface area contributed by atoms with Crippen LogP contribution in [0.25, 0.3) is 11.5 Å². The zero-order valence-electron chi connectivity index (χ0n) is 14.4. The number of fused-ring (bicyclic) bond motifs is 1. The van der Waals surface area contributed by atoms with Crippen molar-refractivity contribution in [2.75, 3.05) is 12.1 Å². The fraction of sp³-hybridized carbons (Fsp3) is 0.211. The monoisotopic (exact) mass is 351 g/mol. The highest BCUT2D eigenvalue weighted by molar-refractivity contribution is 5.90. The third-order valence-electron chi connectivity index (χ3n) is 4.23. The van der Waals surface area contributed by atoms with Crippen LogP contribution in [-0.2, 0) is 11.2 Å². The molecule has 0 bridgehead atoms. The quantitative estimate of drug-likeness (QED) is 0.776. The van der Waals surface area contributed by atoms with Gasteiger partial charge in [0.2, 0.25) is 18.6 Å². The van der Waals surface area contributed by atoms with Crippen LogP contribution in [0.15, 0.2) is 40.8 Å². The number of hydrogen-bond donors (Lipinski definition) is 1. The molecule has 2 aromatic carbocycles. The molecule has 4 rings (SSSR count). The van der Waals surface area contributed by atoms with Crippen molar-refractivity contribution in [1.82, 2.24) is 10.2 Å². The molecule has 7 nitrogen and oxygen atoms in total. The molecular formula is C19H17N3O4. The number of benzene rings is 2. The zero-order valence-corrected chi connectivity index (χ0v) is 14.4. The van der Waals surface area contributed by atoms with E-state index in [2.05, 4.69) is 15.5 Å². The standard InChI is InChI=1S/C19H17N3O4/c1-11-3-4-13(7-12(11)2)8-17(23)20-19-22-21-18(26-19)14-5-6-15-16(9-14)25-10-24-15/h3-7,9H,8,10H2,1-2H3,(H,20,22,23). The number of amides is 1. The van der Waals surface area contributed by atoms with Gasteiger partial charge in [0.15, 0.2) is 11.5 Å². The van der Waals surface area contributed by atoms with Crippen molar-refractivity contribution >= 4 is 11.9 Å². The van der Waals surface area contributed by atoms with Gasteiger partial charge in [0.05, 0.1) is 6.42 Å². The largest absolute Gasteiger partial charge is 0.454 e. The number of aryl methyl sites for hydroxylation is 2. The van der Waals surface area contributed by atoms with Crippen LogP contribution >= 0.6 is 0 Å². The Labute approximate surface area is 150 Å². The van der Waals surface area contributed by atoms with E-state index in [1.807, 2.05) is 32.0 Å². The third-order valence-corrected chi connectivity index (χ3v) is 4.23. The van der Waals surface area contributed by atoms with Crippen molar-refractivity contribution in [1.29, 1.82) is 0 Å². The van der Waals surface area contributed by atoms with Gasteiger partial charge in [0.1, 0.15) is 0 Å². The van der Waals surface area contributed by atoms with Gasteiger partial charge in [0, 0.05) is 5.56 Å². The minimum atomic E-state index is -0.214. The molecule has 0 spiro atoms. The number of nitrogens with one attached hydrogen (secondary N) is 1. The van der Waals surface area contributed by atoms with E-state index in [-0.39, 0.29) is 25.1 Å². The first-order chi connectivity index (χ1) is 12.6. The fourth-order valence-corrected chi connectivity index (χ4v) is 2.68. The zero-order chi connectivity index (χ0) is 18.1. The average molecular weight is 351 g/mol. The van der Waals surface area contributed by atoms with E-state index >= 15 is 0 Å². The molecule has 132 valence electrons. The molecule has 1 aliphatic rings. The molecule has 0 fully saturated rings. The predicted molar refractivity (Wildman–Crippen MR) is 94.1 cm³/mol. The number of anilines is 1. The molecule has 1 N–H and O–H groups in total. The lowest BCUT2D eigenvalue weighted by atomic mass is 10.0. The molecule has 0 saturated carbocycles. The first-order valence-electron chi connectivity index (χ1n) is 8.18. The Morgan fingerprint density at radius 2 is 1.88 bits per heavy atom. The van der Waals surface area contributed by atoms with Gasteiger partial charge in [0.25, 0.3) is 0 Å². The molecule has 0 unspecified atom stereocenters. The number of carbonyl (C=O) groups is 1. The number of rotatable bonds is 4. The van der Waals surface area contributed by atoms with Gasteiger partial charge < -0.3 is 13.9 Å². The summed E-state index contributed by atoms with van der Waals surface area (Å²) in [6.07, 6.45) is 0.239. The van der Waals surface area contributed by atoms with E-state index in [1.165, 1.54) is 5.56 Å². The van der Waals surface area contributed by atoms with Gasteiger partial charge in [-0.1, -0.05) is 23.3 Å². The summed E-state index contributed by atoms with van der Waals surface area (Å²) in [6, 6.07) is 11.3. The lowest BCUT2D eigenvalue weighted by Gasteiger charge is -2.04. The molecule has 1 aliphatic heterocycles. The summed E-state index contributed by atoms with van der Waals surface area (Å²) in [4.78, 5) is 12.2.